The van der Waals surface area contributed by atoms with Crippen LogP contribution in [-0.4, -0.2) is 46.3 Å². The fourth-order valence-electron chi connectivity index (χ4n) is 4.66. The van der Waals surface area contributed by atoms with E-state index < -0.39 is 0 Å². The molecule has 1 unspecified atom stereocenters. The fraction of sp³-hybridized carbons (Fsp3) is 0.579. The molecule has 8 heteroatoms. The number of aryl methyl sites for hydroxylation is 2. The third-order valence-electron chi connectivity index (χ3n) is 6.01. The number of hydrogen-bond acceptors (Lipinski definition) is 7. The maximum absolute atomic E-state index is 11.7. The summed E-state index contributed by atoms with van der Waals surface area (Å²) in [4.78, 5) is 22.9. The van der Waals surface area contributed by atoms with Gasteiger partial charge in [0, 0.05) is 41.9 Å². The van der Waals surface area contributed by atoms with Crippen molar-refractivity contribution >= 4 is 17.7 Å². The second-order valence-corrected chi connectivity index (χ2v) is 7.62. The smallest absolute Gasteiger partial charge is 0.305 e. The zero-order valence-corrected chi connectivity index (χ0v) is 15.9. The van der Waals surface area contributed by atoms with E-state index in [1.807, 2.05) is 13.1 Å². The van der Waals surface area contributed by atoms with Crippen molar-refractivity contribution in [1.82, 2.24) is 20.2 Å². The lowest BCUT2D eigenvalue weighted by Crippen LogP contribution is -2.46. The van der Waals surface area contributed by atoms with E-state index in [0.717, 1.165) is 55.8 Å². The largest absolute Gasteiger partial charge is 0.469 e. The number of anilines is 2. The number of nitrogens with two attached hydrogens (primary N) is 1. The van der Waals surface area contributed by atoms with Gasteiger partial charge in [-0.25, -0.2) is 4.98 Å². The number of fused-ring (bicyclic) bond motifs is 2. The van der Waals surface area contributed by atoms with Crippen LogP contribution in [0.3, 0.4) is 0 Å². The van der Waals surface area contributed by atoms with Gasteiger partial charge in [0.05, 0.1) is 13.3 Å². The number of nitrogen functional groups attached to an aromatic ring is 1. The molecule has 0 amide bonds. The molecule has 1 aliphatic carbocycles. The highest BCUT2D eigenvalue weighted by Crippen LogP contribution is 2.45. The molecule has 0 saturated carbocycles. The van der Waals surface area contributed by atoms with Crippen molar-refractivity contribution in [2.45, 2.75) is 50.9 Å². The topological polar surface area (TPSA) is 110 Å². The summed E-state index contributed by atoms with van der Waals surface area (Å²) in [7, 11) is 1.41. The van der Waals surface area contributed by atoms with Crippen LogP contribution in [0.1, 0.15) is 48.2 Å². The molecule has 2 aromatic heterocycles. The van der Waals surface area contributed by atoms with Crippen molar-refractivity contribution in [3.63, 3.8) is 0 Å². The van der Waals surface area contributed by atoms with E-state index in [2.05, 4.69) is 25.1 Å². The van der Waals surface area contributed by atoms with E-state index in [1.54, 1.807) is 0 Å². The number of aromatic nitrogens is 4. The molecule has 3 N–H and O–H groups in total. The lowest BCUT2D eigenvalue weighted by Gasteiger charge is -2.41. The first kappa shape index (κ1) is 17.8. The first-order chi connectivity index (χ1) is 13.0. The zero-order chi connectivity index (χ0) is 19.0. The maximum Gasteiger partial charge on any atom is 0.305 e. The number of hydrogen-bond donors (Lipinski definition) is 2. The molecule has 144 valence electrons. The monoisotopic (exact) mass is 370 g/mol. The van der Waals surface area contributed by atoms with Crippen molar-refractivity contribution in [3.05, 3.63) is 28.7 Å². The Balaban J connectivity index is 1.65. The van der Waals surface area contributed by atoms with E-state index >= 15 is 0 Å². The summed E-state index contributed by atoms with van der Waals surface area (Å²) in [6, 6.07) is 0. The fourth-order valence-corrected chi connectivity index (χ4v) is 4.66. The summed E-state index contributed by atoms with van der Waals surface area (Å²) in [5, 5.41) is 7.49. The van der Waals surface area contributed by atoms with Crippen LogP contribution in [0.15, 0.2) is 6.20 Å². The van der Waals surface area contributed by atoms with Gasteiger partial charge in [-0.05, 0) is 44.6 Å². The van der Waals surface area contributed by atoms with Gasteiger partial charge in [-0.15, -0.1) is 0 Å². The van der Waals surface area contributed by atoms with E-state index in [4.69, 9.17) is 10.5 Å². The molecule has 1 saturated heterocycles. The number of rotatable bonds is 4. The summed E-state index contributed by atoms with van der Waals surface area (Å²) >= 11 is 0. The van der Waals surface area contributed by atoms with Gasteiger partial charge in [0.15, 0.2) is 0 Å². The summed E-state index contributed by atoms with van der Waals surface area (Å²) in [6.07, 6.45) is 7.24. The van der Waals surface area contributed by atoms with Crippen molar-refractivity contribution in [1.29, 1.82) is 0 Å². The molecule has 4 rings (SSSR count). The summed E-state index contributed by atoms with van der Waals surface area (Å²) in [6.45, 7) is 3.73. The molecule has 1 spiro atoms. The number of H-pyrrole nitrogens is 1. The normalized spacial score (nSPS) is 21.5. The molecular weight excluding hydrogens is 344 g/mol. The minimum atomic E-state index is -0.231. The molecule has 0 bridgehead atoms. The third kappa shape index (κ3) is 3.13. The number of carbonyl (C=O) groups is 1. The van der Waals surface area contributed by atoms with Gasteiger partial charge in [-0.1, -0.05) is 0 Å². The predicted molar refractivity (Wildman–Crippen MR) is 102 cm³/mol. The second-order valence-electron chi connectivity index (χ2n) is 7.62. The van der Waals surface area contributed by atoms with Crippen LogP contribution >= 0.6 is 0 Å². The number of aromatic amines is 1. The van der Waals surface area contributed by atoms with Crippen molar-refractivity contribution < 1.29 is 9.53 Å². The van der Waals surface area contributed by atoms with Gasteiger partial charge < -0.3 is 15.4 Å². The maximum atomic E-state index is 11.7. The Bertz CT molecular complexity index is 864. The number of nitrogens with zero attached hydrogens (tertiary/aromatic N) is 4. The highest BCUT2D eigenvalue weighted by atomic mass is 16.5. The van der Waals surface area contributed by atoms with Gasteiger partial charge in [-0.3, -0.25) is 9.89 Å². The Morgan fingerprint density at radius 2 is 2.26 bits per heavy atom. The average Bonchev–Trinajstić information content (AvgIpc) is 3.25. The number of ether oxygens (including phenoxy) is 1. The molecule has 0 aromatic carbocycles. The van der Waals surface area contributed by atoms with Crippen LogP contribution in [0, 0.1) is 6.92 Å². The van der Waals surface area contributed by atoms with E-state index in [9.17, 15) is 4.79 Å². The minimum absolute atomic E-state index is 0.0946. The van der Waals surface area contributed by atoms with E-state index in [-0.39, 0.29) is 17.3 Å². The molecule has 1 fully saturated rings. The van der Waals surface area contributed by atoms with Crippen LogP contribution in [0.2, 0.25) is 0 Å². The zero-order valence-electron chi connectivity index (χ0n) is 15.9. The predicted octanol–water partition coefficient (Wildman–Crippen LogP) is 1.68. The Hall–Kier alpha value is -2.64. The SMILES string of the molecule is COC(=O)CCc1c(C)nc(N)nc1N1CCCC2(CCc3cn[nH]c32)C1. The van der Waals surface area contributed by atoms with E-state index in [1.165, 1.54) is 18.4 Å². The van der Waals surface area contributed by atoms with Crippen LogP contribution in [0.5, 0.6) is 0 Å². The van der Waals surface area contributed by atoms with Gasteiger partial charge in [-0.2, -0.15) is 10.1 Å². The number of carbonyl (C=O) groups excluding carboxylic acids is 1. The van der Waals surface area contributed by atoms with Crippen molar-refractivity contribution in [3.8, 4) is 0 Å². The first-order valence-electron chi connectivity index (χ1n) is 9.50. The third-order valence-corrected chi connectivity index (χ3v) is 6.01. The molecule has 0 radical (unpaired) electrons. The Morgan fingerprint density at radius 1 is 1.41 bits per heavy atom. The second kappa shape index (κ2) is 6.83. The van der Waals surface area contributed by atoms with Crippen molar-refractivity contribution in [2.75, 3.05) is 30.8 Å². The highest BCUT2D eigenvalue weighted by Gasteiger charge is 2.44. The van der Waals surface area contributed by atoms with Crippen LogP contribution < -0.4 is 10.6 Å². The molecule has 2 aliphatic rings. The van der Waals surface area contributed by atoms with Gasteiger partial charge in [0.1, 0.15) is 5.82 Å². The van der Waals surface area contributed by atoms with Crippen LogP contribution in [0.25, 0.3) is 0 Å². The summed E-state index contributed by atoms with van der Waals surface area (Å²) in [5.74, 6) is 0.902. The Kier molecular flexibility index (Phi) is 4.49. The average molecular weight is 370 g/mol. The molecule has 2 aromatic rings. The van der Waals surface area contributed by atoms with E-state index in [0.29, 0.717) is 12.8 Å². The van der Waals surface area contributed by atoms with Crippen molar-refractivity contribution in [2.24, 2.45) is 0 Å². The first-order valence-corrected chi connectivity index (χ1v) is 9.50. The molecule has 1 atom stereocenters. The number of nitrogens with one attached hydrogen (secondary N) is 1. The number of esters is 1. The quantitative estimate of drug-likeness (QED) is 0.788. The lowest BCUT2D eigenvalue weighted by atomic mass is 9.77. The van der Waals surface area contributed by atoms with Gasteiger partial charge >= 0.3 is 5.97 Å². The standard InChI is InChI=1S/C19H26N6O2/c1-12-14(4-5-15(26)27-2)17(23-18(20)22-12)25-9-3-7-19(11-25)8-6-13-10-21-24-16(13)19/h10H,3-9,11H2,1-2H3,(H,21,24)(H2,20,22,23). The molecule has 8 nitrogen and oxygen atoms in total. The lowest BCUT2D eigenvalue weighted by molar-refractivity contribution is -0.140. The number of piperidine rings is 1. The summed E-state index contributed by atoms with van der Waals surface area (Å²) < 4.78 is 4.80. The van der Waals surface area contributed by atoms with Crippen LogP contribution in [0.4, 0.5) is 11.8 Å². The molecule has 3 heterocycles. The molecule has 27 heavy (non-hydrogen) atoms. The van der Waals surface area contributed by atoms with Gasteiger partial charge in [0.2, 0.25) is 5.95 Å². The summed E-state index contributed by atoms with van der Waals surface area (Å²) in [5.41, 5.74) is 10.5. The highest BCUT2D eigenvalue weighted by molar-refractivity contribution is 5.70. The number of methoxy groups -OCH3 is 1. The minimum Gasteiger partial charge on any atom is -0.469 e. The Labute approximate surface area is 158 Å². The molecule has 1 aliphatic heterocycles. The van der Waals surface area contributed by atoms with Crippen LogP contribution in [-0.2, 0) is 27.8 Å². The van der Waals surface area contributed by atoms with Gasteiger partial charge in [0.25, 0.3) is 0 Å². The molecular formula is C19H26N6O2. The Morgan fingerprint density at radius 3 is 3.07 bits per heavy atom.